The predicted molar refractivity (Wildman–Crippen MR) is 81.6 cm³/mol. The molecule has 1 aromatic heterocycles. The van der Waals surface area contributed by atoms with E-state index in [-0.39, 0.29) is 18.4 Å². The second-order valence-corrected chi connectivity index (χ2v) is 5.43. The number of hydrogen-bond donors (Lipinski definition) is 1. The third-order valence-corrected chi connectivity index (χ3v) is 3.69. The molecule has 0 aliphatic carbocycles. The quantitative estimate of drug-likeness (QED) is 0.914. The van der Waals surface area contributed by atoms with Gasteiger partial charge in [-0.25, -0.2) is 4.98 Å². The van der Waals surface area contributed by atoms with Gasteiger partial charge in [-0.05, 0) is 12.5 Å². The lowest BCUT2D eigenvalue weighted by Gasteiger charge is -2.32. The van der Waals surface area contributed by atoms with E-state index in [1.165, 1.54) is 11.1 Å². The van der Waals surface area contributed by atoms with Crippen LogP contribution in [0.15, 0.2) is 12.3 Å². The Bertz CT molecular complexity index is 550. The summed E-state index contributed by atoms with van der Waals surface area (Å²) in [5.41, 5.74) is 0.377. The van der Waals surface area contributed by atoms with Gasteiger partial charge in [-0.3, -0.25) is 9.59 Å². The normalized spacial score (nSPS) is 15.3. The highest BCUT2D eigenvalue weighted by molar-refractivity contribution is 6.33. The standard InChI is InChI=1S/C14H19ClN4O2/c1-3-4-16-12-7-10(11(15)8-17-12)14(21)19-6-5-18(2)13(20)9-19/h7-8H,3-6,9H2,1-2H3,(H,16,17). The van der Waals surface area contributed by atoms with Gasteiger partial charge in [0.25, 0.3) is 5.91 Å². The largest absolute Gasteiger partial charge is 0.370 e. The Morgan fingerprint density at radius 1 is 1.48 bits per heavy atom. The fraction of sp³-hybridized carbons (Fsp3) is 0.500. The maximum absolute atomic E-state index is 12.5. The van der Waals surface area contributed by atoms with Crippen molar-refractivity contribution in [3.05, 3.63) is 22.8 Å². The summed E-state index contributed by atoms with van der Waals surface area (Å²) < 4.78 is 0. The second-order valence-electron chi connectivity index (χ2n) is 5.02. The Hall–Kier alpha value is -1.82. The SMILES string of the molecule is CCCNc1cc(C(=O)N2CCN(C)C(=O)C2)c(Cl)cn1. The molecule has 21 heavy (non-hydrogen) atoms. The van der Waals surface area contributed by atoms with Crippen LogP contribution in [0.3, 0.4) is 0 Å². The number of carbonyl (C=O) groups excluding carboxylic acids is 2. The van der Waals surface area contributed by atoms with E-state index in [0.29, 0.717) is 29.5 Å². The Morgan fingerprint density at radius 2 is 2.24 bits per heavy atom. The molecule has 0 unspecified atom stereocenters. The van der Waals surface area contributed by atoms with Crippen molar-refractivity contribution in [1.29, 1.82) is 0 Å². The summed E-state index contributed by atoms with van der Waals surface area (Å²) in [5.74, 6) is 0.317. The minimum Gasteiger partial charge on any atom is -0.370 e. The van der Waals surface area contributed by atoms with E-state index in [0.717, 1.165) is 13.0 Å². The number of amides is 2. The van der Waals surface area contributed by atoms with Gasteiger partial charge >= 0.3 is 0 Å². The molecule has 0 spiro atoms. The number of nitrogens with zero attached hydrogens (tertiary/aromatic N) is 3. The first-order chi connectivity index (χ1) is 10.0. The van der Waals surface area contributed by atoms with Gasteiger partial charge in [-0.1, -0.05) is 18.5 Å². The molecule has 0 saturated carbocycles. The maximum atomic E-state index is 12.5. The number of nitrogens with one attached hydrogen (secondary N) is 1. The minimum absolute atomic E-state index is 0.0656. The van der Waals surface area contributed by atoms with E-state index in [1.807, 2.05) is 6.92 Å². The number of halogens is 1. The molecule has 7 heteroatoms. The summed E-state index contributed by atoms with van der Waals surface area (Å²) in [7, 11) is 1.73. The highest BCUT2D eigenvalue weighted by Gasteiger charge is 2.27. The topological polar surface area (TPSA) is 65.5 Å². The highest BCUT2D eigenvalue weighted by atomic mass is 35.5. The molecule has 114 valence electrons. The van der Waals surface area contributed by atoms with Gasteiger partial charge in [0.2, 0.25) is 5.91 Å². The van der Waals surface area contributed by atoms with Gasteiger partial charge in [-0.2, -0.15) is 0 Å². The van der Waals surface area contributed by atoms with Crippen LogP contribution in [0.4, 0.5) is 5.82 Å². The Balaban J connectivity index is 2.16. The smallest absolute Gasteiger partial charge is 0.256 e. The molecular weight excluding hydrogens is 292 g/mol. The van der Waals surface area contributed by atoms with Gasteiger partial charge in [0, 0.05) is 32.9 Å². The average molecular weight is 311 g/mol. The van der Waals surface area contributed by atoms with Crippen LogP contribution < -0.4 is 5.32 Å². The Morgan fingerprint density at radius 3 is 2.90 bits per heavy atom. The second kappa shape index (κ2) is 6.76. The van der Waals surface area contributed by atoms with Gasteiger partial charge in [0.1, 0.15) is 12.4 Å². The predicted octanol–water partition coefficient (Wildman–Crippen LogP) is 1.47. The lowest BCUT2D eigenvalue weighted by atomic mass is 10.2. The molecular formula is C14H19ClN4O2. The van der Waals surface area contributed by atoms with E-state index in [9.17, 15) is 9.59 Å². The van der Waals surface area contributed by atoms with Crippen molar-refractivity contribution in [2.24, 2.45) is 0 Å². The molecule has 1 aliphatic rings. The summed E-state index contributed by atoms with van der Waals surface area (Å²) in [5, 5.41) is 3.42. The van der Waals surface area contributed by atoms with Crippen molar-refractivity contribution in [2.75, 3.05) is 38.5 Å². The lowest BCUT2D eigenvalue weighted by Crippen LogP contribution is -2.50. The van der Waals surface area contributed by atoms with Gasteiger partial charge in [-0.15, -0.1) is 0 Å². The zero-order valence-electron chi connectivity index (χ0n) is 12.2. The molecule has 2 rings (SSSR count). The third kappa shape index (κ3) is 3.64. The fourth-order valence-electron chi connectivity index (χ4n) is 2.05. The van der Waals surface area contributed by atoms with Crippen LogP contribution in [0.1, 0.15) is 23.7 Å². The summed E-state index contributed by atoms with van der Waals surface area (Å²) in [6.07, 6.45) is 2.42. The average Bonchev–Trinajstić information content (AvgIpc) is 2.48. The van der Waals surface area contributed by atoms with E-state index < -0.39 is 0 Å². The Kier molecular flexibility index (Phi) is 5.01. The summed E-state index contributed by atoms with van der Waals surface area (Å²) >= 11 is 6.08. The molecule has 1 aromatic rings. The van der Waals surface area contributed by atoms with Gasteiger partial charge in [0.15, 0.2) is 0 Å². The molecule has 1 aliphatic heterocycles. The van der Waals surface area contributed by atoms with Crippen LogP contribution in [-0.2, 0) is 4.79 Å². The van der Waals surface area contributed by atoms with Gasteiger partial charge < -0.3 is 15.1 Å². The zero-order chi connectivity index (χ0) is 15.4. The molecule has 1 N–H and O–H groups in total. The number of rotatable bonds is 4. The molecule has 2 amide bonds. The molecule has 6 nitrogen and oxygen atoms in total. The van der Waals surface area contributed by atoms with Crippen molar-refractivity contribution in [1.82, 2.24) is 14.8 Å². The molecule has 0 atom stereocenters. The highest BCUT2D eigenvalue weighted by Crippen LogP contribution is 2.20. The summed E-state index contributed by atoms with van der Waals surface area (Å²) in [6.45, 7) is 3.96. The van der Waals surface area contributed by atoms with E-state index in [1.54, 1.807) is 18.0 Å². The number of likely N-dealkylation sites (N-methyl/N-ethyl adjacent to an activating group) is 1. The molecule has 0 aromatic carbocycles. The van der Waals surface area contributed by atoms with Crippen LogP contribution in [0, 0.1) is 0 Å². The number of piperazine rings is 1. The summed E-state index contributed by atoms with van der Waals surface area (Å²) in [6, 6.07) is 1.64. The lowest BCUT2D eigenvalue weighted by molar-refractivity contribution is -0.133. The number of anilines is 1. The van der Waals surface area contributed by atoms with Crippen LogP contribution in [0.5, 0.6) is 0 Å². The number of hydrogen-bond acceptors (Lipinski definition) is 4. The van der Waals surface area contributed by atoms with E-state index in [4.69, 9.17) is 11.6 Å². The van der Waals surface area contributed by atoms with Crippen molar-refractivity contribution in [3.63, 3.8) is 0 Å². The van der Waals surface area contributed by atoms with Crippen molar-refractivity contribution in [2.45, 2.75) is 13.3 Å². The third-order valence-electron chi connectivity index (χ3n) is 3.39. The van der Waals surface area contributed by atoms with Crippen molar-refractivity contribution in [3.8, 4) is 0 Å². The maximum Gasteiger partial charge on any atom is 0.256 e. The van der Waals surface area contributed by atoms with E-state index >= 15 is 0 Å². The number of carbonyl (C=O) groups is 2. The molecule has 2 heterocycles. The van der Waals surface area contributed by atoms with Crippen LogP contribution in [-0.4, -0.2) is 59.8 Å². The molecule has 0 radical (unpaired) electrons. The van der Waals surface area contributed by atoms with Crippen molar-refractivity contribution >= 4 is 29.2 Å². The summed E-state index contributed by atoms with van der Waals surface area (Å²) in [4.78, 5) is 31.5. The molecule has 1 saturated heterocycles. The van der Waals surface area contributed by atoms with E-state index in [2.05, 4.69) is 10.3 Å². The van der Waals surface area contributed by atoms with Crippen LogP contribution in [0.2, 0.25) is 5.02 Å². The van der Waals surface area contributed by atoms with Crippen LogP contribution in [0.25, 0.3) is 0 Å². The van der Waals surface area contributed by atoms with Gasteiger partial charge in [0.05, 0.1) is 10.6 Å². The molecule has 0 bridgehead atoms. The van der Waals surface area contributed by atoms with Crippen LogP contribution >= 0.6 is 11.6 Å². The monoisotopic (exact) mass is 310 g/mol. The van der Waals surface area contributed by atoms with Crippen molar-refractivity contribution < 1.29 is 9.59 Å². The number of aromatic nitrogens is 1. The molecule has 1 fully saturated rings. The first-order valence-corrected chi connectivity index (χ1v) is 7.33. The number of pyridine rings is 1. The fourth-order valence-corrected chi connectivity index (χ4v) is 2.24. The first-order valence-electron chi connectivity index (χ1n) is 6.95. The Labute approximate surface area is 129 Å². The zero-order valence-corrected chi connectivity index (χ0v) is 13.0. The first kappa shape index (κ1) is 15.6. The minimum atomic E-state index is -0.233.